The Morgan fingerprint density at radius 2 is 1.77 bits per heavy atom. The number of halogens is 1. The number of hydrogen-bond donors (Lipinski definition) is 0. The van der Waals surface area contributed by atoms with E-state index in [0.29, 0.717) is 26.2 Å². The summed E-state index contributed by atoms with van der Waals surface area (Å²) >= 11 is 0. The molecule has 6 nitrogen and oxygen atoms in total. The molecular formula is C28H40FN3O3. The molecule has 0 atom stereocenters. The zero-order valence-electron chi connectivity index (χ0n) is 21.6. The number of amides is 2. The molecule has 0 saturated heterocycles. The smallest absolute Gasteiger partial charge is 0.242 e. The van der Waals surface area contributed by atoms with Crippen LogP contribution < -0.4 is 0 Å². The average molecular weight is 486 g/mol. The van der Waals surface area contributed by atoms with E-state index >= 15 is 0 Å². The van der Waals surface area contributed by atoms with E-state index in [4.69, 9.17) is 4.74 Å². The highest BCUT2D eigenvalue weighted by atomic mass is 19.1. The summed E-state index contributed by atoms with van der Waals surface area (Å²) in [6.07, 6.45) is 7.38. The number of carbonyl (C=O) groups excluding carboxylic acids is 2. The first-order valence-electron chi connectivity index (χ1n) is 12.7. The summed E-state index contributed by atoms with van der Waals surface area (Å²) in [4.78, 5) is 30.4. The summed E-state index contributed by atoms with van der Waals surface area (Å²) in [6, 6.07) is 10.7. The Morgan fingerprint density at radius 1 is 1.09 bits per heavy atom. The fraction of sp³-hybridized carbons (Fsp3) is 0.571. The van der Waals surface area contributed by atoms with E-state index < -0.39 is 5.41 Å². The van der Waals surface area contributed by atoms with Crippen molar-refractivity contribution in [2.75, 3.05) is 26.8 Å². The van der Waals surface area contributed by atoms with Crippen LogP contribution in [-0.4, -0.2) is 59.0 Å². The van der Waals surface area contributed by atoms with Crippen LogP contribution in [0.4, 0.5) is 4.39 Å². The van der Waals surface area contributed by atoms with Crippen LogP contribution in [0.2, 0.25) is 0 Å². The quantitative estimate of drug-likeness (QED) is 0.483. The normalized spacial score (nSPS) is 14.7. The summed E-state index contributed by atoms with van der Waals surface area (Å²) in [6.45, 7) is 7.55. The monoisotopic (exact) mass is 485 g/mol. The standard InChI is InChI=1S/C28H40FN3O3/c1-28(2,3)27(34)31(17-18-35-4)21-26(33)32(24-9-6-5-7-10-24)20-25-11-8-16-30(25)19-22-12-14-23(29)15-13-22/h8,11-16,24H,5-7,9-10,17-21H2,1-4H3. The van der Waals surface area contributed by atoms with Crippen molar-refractivity contribution in [1.29, 1.82) is 0 Å². The van der Waals surface area contributed by atoms with Crippen molar-refractivity contribution in [3.05, 3.63) is 59.7 Å². The molecular weight excluding hydrogens is 445 g/mol. The van der Waals surface area contributed by atoms with E-state index in [2.05, 4.69) is 4.57 Å². The van der Waals surface area contributed by atoms with Crippen LogP contribution in [0.15, 0.2) is 42.6 Å². The molecule has 1 fully saturated rings. The van der Waals surface area contributed by atoms with E-state index in [0.717, 1.165) is 36.9 Å². The second-order valence-corrected chi connectivity index (χ2v) is 10.5. The fourth-order valence-corrected chi connectivity index (χ4v) is 4.70. The average Bonchev–Trinajstić information content (AvgIpc) is 3.27. The summed E-state index contributed by atoms with van der Waals surface area (Å²) in [5, 5.41) is 0. The number of aromatic nitrogens is 1. The van der Waals surface area contributed by atoms with Crippen molar-refractivity contribution in [1.82, 2.24) is 14.4 Å². The van der Waals surface area contributed by atoms with Gasteiger partial charge in [0, 0.05) is 43.5 Å². The molecule has 0 unspecified atom stereocenters. The second-order valence-electron chi connectivity index (χ2n) is 10.5. The maximum Gasteiger partial charge on any atom is 0.242 e. The van der Waals surface area contributed by atoms with E-state index in [1.807, 2.05) is 44.0 Å². The number of ether oxygens (including phenoxy) is 1. The highest BCUT2D eigenvalue weighted by Gasteiger charge is 2.32. The maximum atomic E-state index is 13.7. The highest BCUT2D eigenvalue weighted by molar-refractivity contribution is 5.87. The highest BCUT2D eigenvalue weighted by Crippen LogP contribution is 2.25. The van der Waals surface area contributed by atoms with Crippen molar-refractivity contribution in [3.63, 3.8) is 0 Å². The molecule has 2 amide bonds. The lowest BCUT2D eigenvalue weighted by atomic mass is 9.93. The lowest BCUT2D eigenvalue weighted by Gasteiger charge is -2.37. The van der Waals surface area contributed by atoms with E-state index in [-0.39, 0.29) is 30.2 Å². The summed E-state index contributed by atoms with van der Waals surface area (Å²) in [5.74, 6) is -0.329. The Balaban J connectivity index is 1.80. The van der Waals surface area contributed by atoms with Gasteiger partial charge < -0.3 is 19.1 Å². The van der Waals surface area contributed by atoms with Gasteiger partial charge in [-0.25, -0.2) is 4.39 Å². The van der Waals surface area contributed by atoms with Gasteiger partial charge in [-0.3, -0.25) is 9.59 Å². The van der Waals surface area contributed by atoms with Gasteiger partial charge in [0.05, 0.1) is 19.7 Å². The first-order chi connectivity index (χ1) is 16.7. The molecule has 7 heteroatoms. The minimum atomic E-state index is -0.576. The Hall–Kier alpha value is -2.67. The lowest BCUT2D eigenvalue weighted by molar-refractivity contribution is -0.147. The van der Waals surface area contributed by atoms with Crippen LogP contribution in [0.5, 0.6) is 0 Å². The Morgan fingerprint density at radius 3 is 2.40 bits per heavy atom. The summed E-state index contributed by atoms with van der Waals surface area (Å²) < 4.78 is 20.7. The van der Waals surface area contributed by atoms with Gasteiger partial charge in [0.1, 0.15) is 5.82 Å². The molecule has 3 rings (SSSR count). The van der Waals surface area contributed by atoms with Gasteiger partial charge in [0.2, 0.25) is 11.8 Å². The third-order valence-corrected chi connectivity index (χ3v) is 6.68. The first-order valence-corrected chi connectivity index (χ1v) is 12.7. The number of benzene rings is 1. The van der Waals surface area contributed by atoms with Crippen LogP contribution in [0.1, 0.15) is 64.1 Å². The van der Waals surface area contributed by atoms with Gasteiger partial charge in [-0.15, -0.1) is 0 Å². The zero-order valence-corrected chi connectivity index (χ0v) is 21.6. The van der Waals surface area contributed by atoms with Gasteiger partial charge in [-0.2, -0.15) is 0 Å². The lowest BCUT2D eigenvalue weighted by Crippen LogP contribution is -2.50. The number of rotatable bonds is 10. The minimum absolute atomic E-state index is 0.0277. The molecule has 2 aromatic rings. The van der Waals surface area contributed by atoms with Crippen LogP contribution >= 0.6 is 0 Å². The molecule has 35 heavy (non-hydrogen) atoms. The minimum Gasteiger partial charge on any atom is -0.383 e. The molecule has 0 spiro atoms. The van der Waals surface area contributed by atoms with Gasteiger partial charge in [-0.05, 0) is 42.7 Å². The number of carbonyl (C=O) groups is 2. The number of hydrogen-bond acceptors (Lipinski definition) is 3. The molecule has 1 aliphatic rings. The van der Waals surface area contributed by atoms with Gasteiger partial charge in [0.15, 0.2) is 0 Å². The SMILES string of the molecule is COCCN(CC(=O)N(Cc1cccn1Cc1ccc(F)cc1)C1CCCCC1)C(=O)C(C)(C)C. The van der Waals surface area contributed by atoms with E-state index in [1.54, 1.807) is 24.1 Å². The van der Waals surface area contributed by atoms with Crippen molar-refractivity contribution in [3.8, 4) is 0 Å². The molecule has 0 radical (unpaired) electrons. The van der Waals surface area contributed by atoms with Crippen molar-refractivity contribution < 1.29 is 18.7 Å². The molecule has 0 aliphatic heterocycles. The van der Waals surface area contributed by atoms with Crippen molar-refractivity contribution in [2.45, 2.75) is 72.0 Å². The van der Waals surface area contributed by atoms with Gasteiger partial charge in [-0.1, -0.05) is 52.2 Å². The predicted octanol–water partition coefficient (Wildman–Crippen LogP) is 4.86. The van der Waals surface area contributed by atoms with Crippen LogP contribution in [0.25, 0.3) is 0 Å². The Bertz CT molecular complexity index is 959. The summed E-state index contributed by atoms with van der Waals surface area (Å²) in [7, 11) is 1.60. The summed E-state index contributed by atoms with van der Waals surface area (Å²) in [5.41, 5.74) is 1.45. The van der Waals surface area contributed by atoms with Gasteiger partial charge in [0.25, 0.3) is 0 Å². The van der Waals surface area contributed by atoms with E-state index in [9.17, 15) is 14.0 Å². The van der Waals surface area contributed by atoms with Gasteiger partial charge >= 0.3 is 0 Å². The van der Waals surface area contributed by atoms with Crippen molar-refractivity contribution in [2.24, 2.45) is 5.41 Å². The third-order valence-electron chi connectivity index (χ3n) is 6.68. The fourth-order valence-electron chi connectivity index (χ4n) is 4.70. The molecule has 1 aliphatic carbocycles. The van der Waals surface area contributed by atoms with Crippen LogP contribution in [0, 0.1) is 11.2 Å². The molecule has 1 aromatic carbocycles. The molecule has 0 bridgehead atoms. The molecule has 192 valence electrons. The van der Waals surface area contributed by atoms with Crippen molar-refractivity contribution >= 4 is 11.8 Å². The largest absolute Gasteiger partial charge is 0.383 e. The molecule has 0 N–H and O–H groups in total. The Kier molecular flexibility index (Phi) is 9.49. The maximum absolute atomic E-state index is 13.7. The Labute approximate surface area is 209 Å². The number of methoxy groups -OCH3 is 1. The zero-order chi connectivity index (χ0) is 25.4. The van der Waals surface area contributed by atoms with Crippen LogP contribution in [0.3, 0.4) is 0 Å². The van der Waals surface area contributed by atoms with E-state index in [1.165, 1.54) is 18.6 Å². The molecule has 1 aromatic heterocycles. The molecule has 1 heterocycles. The second kappa shape index (κ2) is 12.3. The first kappa shape index (κ1) is 26.9. The topological polar surface area (TPSA) is 54.8 Å². The molecule has 1 saturated carbocycles. The number of nitrogens with zero attached hydrogens (tertiary/aromatic N) is 3. The van der Waals surface area contributed by atoms with Crippen LogP contribution in [-0.2, 0) is 27.4 Å². The predicted molar refractivity (Wildman–Crippen MR) is 135 cm³/mol. The third kappa shape index (κ3) is 7.66.